The number of ether oxygens (including phenoxy) is 1. The highest BCUT2D eigenvalue weighted by molar-refractivity contribution is 5.94. The van der Waals surface area contributed by atoms with Crippen LogP contribution in [0.3, 0.4) is 0 Å². The zero-order valence-corrected chi connectivity index (χ0v) is 14.0. The number of rotatable bonds is 3. The van der Waals surface area contributed by atoms with Crippen molar-refractivity contribution in [2.75, 3.05) is 26.2 Å². The largest absolute Gasteiger partial charge is 0.415 e. The summed E-state index contributed by atoms with van der Waals surface area (Å²) in [5, 5.41) is 0. The molecule has 1 saturated heterocycles. The first-order valence-corrected chi connectivity index (χ1v) is 8.16. The number of carbonyl (C=O) groups is 2. The number of aliphatic imine (C=N–C) groups is 1. The van der Waals surface area contributed by atoms with Crippen LogP contribution >= 0.6 is 0 Å². The quantitative estimate of drug-likeness (QED) is 0.629. The molecule has 7 heteroatoms. The molecule has 132 valence electrons. The minimum absolute atomic E-state index is 0.122. The third kappa shape index (κ3) is 4.15. The highest BCUT2D eigenvalue weighted by Gasteiger charge is 2.25. The van der Waals surface area contributed by atoms with Gasteiger partial charge in [0, 0.05) is 31.7 Å². The van der Waals surface area contributed by atoms with E-state index in [4.69, 9.17) is 4.74 Å². The van der Waals surface area contributed by atoms with Gasteiger partial charge in [0.25, 0.3) is 5.91 Å². The van der Waals surface area contributed by atoms with Crippen molar-refractivity contribution >= 4 is 23.8 Å². The molecular formula is C19H17N3O4. The molecule has 0 radical (unpaired) electrons. The number of isocyanates is 1. The van der Waals surface area contributed by atoms with Crippen LogP contribution in [0.1, 0.15) is 10.4 Å². The van der Waals surface area contributed by atoms with Crippen LogP contribution in [-0.2, 0) is 4.79 Å². The lowest BCUT2D eigenvalue weighted by Crippen LogP contribution is -2.51. The van der Waals surface area contributed by atoms with Gasteiger partial charge in [-0.1, -0.05) is 18.2 Å². The summed E-state index contributed by atoms with van der Waals surface area (Å²) in [7, 11) is 0. The van der Waals surface area contributed by atoms with E-state index in [1.54, 1.807) is 58.3 Å². The summed E-state index contributed by atoms with van der Waals surface area (Å²) in [6.07, 6.45) is 1.04. The first-order valence-electron chi connectivity index (χ1n) is 8.16. The number of amides is 2. The SMILES string of the molecule is O=C=Nc1ccc(C(=O)N2CCN(C(=O)Oc3ccccc3)CC2)cc1. The number of hydrogen-bond acceptors (Lipinski definition) is 5. The fourth-order valence-corrected chi connectivity index (χ4v) is 2.66. The van der Waals surface area contributed by atoms with Crippen LogP contribution < -0.4 is 4.74 Å². The minimum atomic E-state index is -0.417. The van der Waals surface area contributed by atoms with Crippen LogP contribution in [0.2, 0.25) is 0 Å². The van der Waals surface area contributed by atoms with E-state index in [2.05, 4.69) is 4.99 Å². The third-order valence-electron chi connectivity index (χ3n) is 4.06. The predicted octanol–water partition coefficient (Wildman–Crippen LogP) is 2.61. The molecule has 3 rings (SSSR count). The molecule has 7 nitrogen and oxygen atoms in total. The monoisotopic (exact) mass is 351 g/mol. The lowest BCUT2D eigenvalue weighted by atomic mass is 10.1. The standard InChI is InChI=1S/C19H17N3O4/c23-14-20-16-8-6-15(7-9-16)18(24)21-10-12-22(13-11-21)19(25)26-17-4-2-1-3-5-17/h1-9H,10-13H2. The van der Waals surface area contributed by atoms with Crippen LogP contribution in [-0.4, -0.2) is 54.1 Å². The van der Waals surface area contributed by atoms with Crippen LogP contribution in [0.15, 0.2) is 59.6 Å². The fourth-order valence-electron chi connectivity index (χ4n) is 2.66. The van der Waals surface area contributed by atoms with Crippen LogP contribution in [0, 0.1) is 0 Å². The van der Waals surface area contributed by atoms with E-state index >= 15 is 0 Å². The van der Waals surface area contributed by atoms with Gasteiger partial charge in [-0.25, -0.2) is 9.59 Å². The van der Waals surface area contributed by atoms with Crippen LogP contribution in [0.4, 0.5) is 10.5 Å². The molecule has 1 fully saturated rings. The van der Waals surface area contributed by atoms with Crippen molar-refractivity contribution in [2.45, 2.75) is 0 Å². The van der Waals surface area contributed by atoms with Gasteiger partial charge in [0.2, 0.25) is 6.08 Å². The molecule has 1 aliphatic heterocycles. The molecule has 1 aliphatic rings. The molecule has 0 spiro atoms. The average molecular weight is 351 g/mol. The molecule has 0 bridgehead atoms. The number of hydrogen-bond donors (Lipinski definition) is 0. The number of benzene rings is 2. The van der Waals surface area contributed by atoms with Gasteiger partial charge < -0.3 is 14.5 Å². The lowest BCUT2D eigenvalue weighted by molar-refractivity contribution is 0.0633. The second-order valence-electron chi connectivity index (χ2n) is 5.71. The van der Waals surface area contributed by atoms with Gasteiger partial charge in [-0.2, -0.15) is 4.99 Å². The molecule has 2 aromatic rings. The van der Waals surface area contributed by atoms with Crippen molar-refractivity contribution in [3.05, 3.63) is 60.2 Å². The van der Waals surface area contributed by atoms with Gasteiger partial charge in [-0.05, 0) is 36.4 Å². The van der Waals surface area contributed by atoms with Crippen molar-refractivity contribution in [2.24, 2.45) is 4.99 Å². The van der Waals surface area contributed by atoms with E-state index in [0.29, 0.717) is 43.2 Å². The van der Waals surface area contributed by atoms with E-state index in [9.17, 15) is 14.4 Å². The van der Waals surface area contributed by atoms with Crippen molar-refractivity contribution in [3.8, 4) is 5.75 Å². The molecule has 0 N–H and O–H groups in total. The van der Waals surface area contributed by atoms with Gasteiger partial charge in [0.15, 0.2) is 0 Å². The molecule has 26 heavy (non-hydrogen) atoms. The Morgan fingerprint density at radius 2 is 1.50 bits per heavy atom. The number of carbonyl (C=O) groups excluding carboxylic acids is 3. The van der Waals surface area contributed by atoms with Crippen molar-refractivity contribution in [3.63, 3.8) is 0 Å². The highest BCUT2D eigenvalue weighted by Crippen LogP contribution is 2.16. The van der Waals surface area contributed by atoms with Crippen molar-refractivity contribution in [1.29, 1.82) is 0 Å². The Labute approximate surface area is 150 Å². The molecule has 1 heterocycles. The van der Waals surface area contributed by atoms with E-state index in [0.717, 1.165) is 0 Å². The maximum atomic E-state index is 12.5. The minimum Gasteiger partial charge on any atom is -0.410 e. The predicted molar refractivity (Wildman–Crippen MR) is 94.2 cm³/mol. The lowest BCUT2D eigenvalue weighted by Gasteiger charge is -2.34. The smallest absolute Gasteiger partial charge is 0.410 e. The topological polar surface area (TPSA) is 79.3 Å². The normalized spacial score (nSPS) is 13.7. The van der Waals surface area contributed by atoms with Gasteiger partial charge in [0.05, 0.1) is 5.69 Å². The summed E-state index contributed by atoms with van der Waals surface area (Å²) in [6, 6.07) is 15.3. The fraction of sp³-hybridized carbons (Fsp3) is 0.211. The maximum absolute atomic E-state index is 12.5. The van der Waals surface area contributed by atoms with Crippen molar-refractivity contribution in [1.82, 2.24) is 9.80 Å². The van der Waals surface area contributed by atoms with Gasteiger partial charge in [0.1, 0.15) is 5.75 Å². The Kier molecular flexibility index (Phi) is 5.41. The molecule has 0 unspecified atom stereocenters. The molecule has 2 amide bonds. The van der Waals surface area contributed by atoms with E-state index in [1.807, 2.05) is 6.07 Å². The molecule has 0 aromatic heterocycles. The Morgan fingerprint density at radius 3 is 2.12 bits per heavy atom. The summed E-state index contributed by atoms with van der Waals surface area (Å²) >= 11 is 0. The number of piperazine rings is 1. The van der Waals surface area contributed by atoms with Gasteiger partial charge in [-0.3, -0.25) is 4.79 Å². The molecule has 0 saturated carbocycles. The van der Waals surface area contributed by atoms with E-state index < -0.39 is 6.09 Å². The van der Waals surface area contributed by atoms with Gasteiger partial charge in [-0.15, -0.1) is 0 Å². The average Bonchev–Trinajstić information content (AvgIpc) is 2.69. The second-order valence-corrected chi connectivity index (χ2v) is 5.71. The Bertz CT molecular complexity index is 822. The van der Waals surface area contributed by atoms with E-state index in [1.165, 1.54) is 6.08 Å². The van der Waals surface area contributed by atoms with Gasteiger partial charge >= 0.3 is 6.09 Å². The molecule has 0 atom stereocenters. The Hall–Kier alpha value is -3.44. The molecule has 0 aliphatic carbocycles. The third-order valence-corrected chi connectivity index (χ3v) is 4.06. The van der Waals surface area contributed by atoms with Crippen LogP contribution in [0.25, 0.3) is 0 Å². The summed E-state index contributed by atoms with van der Waals surface area (Å²) in [5.74, 6) is 0.372. The second kappa shape index (κ2) is 8.09. The van der Waals surface area contributed by atoms with Crippen molar-refractivity contribution < 1.29 is 19.1 Å². The zero-order valence-electron chi connectivity index (χ0n) is 14.0. The summed E-state index contributed by atoms with van der Waals surface area (Å²) in [4.78, 5) is 41.7. The summed E-state index contributed by atoms with van der Waals surface area (Å²) in [6.45, 7) is 1.67. The molecular weight excluding hydrogens is 334 g/mol. The summed E-state index contributed by atoms with van der Waals surface area (Å²) < 4.78 is 5.31. The summed E-state index contributed by atoms with van der Waals surface area (Å²) in [5.41, 5.74) is 0.959. The number of para-hydroxylation sites is 1. The Morgan fingerprint density at radius 1 is 0.885 bits per heavy atom. The first-order chi connectivity index (χ1) is 12.7. The zero-order chi connectivity index (χ0) is 18.4. The van der Waals surface area contributed by atoms with E-state index in [-0.39, 0.29) is 5.91 Å². The number of nitrogens with zero attached hydrogens (tertiary/aromatic N) is 3. The molecule has 2 aromatic carbocycles. The van der Waals surface area contributed by atoms with Crippen LogP contribution in [0.5, 0.6) is 5.75 Å². The Balaban J connectivity index is 1.55. The first kappa shape index (κ1) is 17.4. The highest BCUT2D eigenvalue weighted by atomic mass is 16.6. The maximum Gasteiger partial charge on any atom is 0.415 e.